The van der Waals surface area contributed by atoms with Crippen LogP contribution in [0.5, 0.6) is 0 Å². The predicted octanol–water partition coefficient (Wildman–Crippen LogP) is 3.88. The van der Waals surface area contributed by atoms with Crippen LogP contribution in [0.3, 0.4) is 0 Å². The van der Waals surface area contributed by atoms with Crippen molar-refractivity contribution in [1.82, 2.24) is 5.32 Å². The SMILES string of the molecule is CC(C)C(CCBr)NC(=O)C1CCCCCC1. The molecule has 2 nitrogen and oxygen atoms in total. The van der Waals surface area contributed by atoms with Gasteiger partial charge in [0.1, 0.15) is 0 Å². The fourth-order valence-electron chi connectivity index (χ4n) is 2.53. The molecule has 1 saturated carbocycles. The fraction of sp³-hybridized carbons (Fsp3) is 0.929. The minimum atomic E-state index is 0.272. The van der Waals surface area contributed by atoms with E-state index < -0.39 is 0 Å². The van der Waals surface area contributed by atoms with Crippen LogP contribution in [-0.4, -0.2) is 17.3 Å². The summed E-state index contributed by atoms with van der Waals surface area (Å²) in [6.45, 7) is 4.36. The summed E-state index contributed by atoms with van der Waals surface area (Å²) < 4.78 is 0. The highest BCUT2D eigenvalue weighted by atomic mass is 79.9. The van der Waals surface area contributed by atoms with E-state index in [0.29, 0.717) is 17.9 Å². The Bertz CT molecular complexity index is 222. The summed E-state index contributed by atoms with van der Waals surface area (Å²) in [6, 6.07) is 0.324. The molecule has 1 rings (SSSR count). The predicted molar refractivity (Wildman–Crippen MR) is 76.4 cm³/mol. The average molecular weight is 304 g/mol. The third-order valence-corrected chi connectivity index (χ3v) is 4.24. The molecule has 100 valence electrons. The first-order chi connectivity index (χ1) is 8.15. The van der Waals surface area contributed by atoms with Crippen LogP contribution in [0.2, 0.25) is 0 Å². The Morgan fingerprint density at radius 3 is 2.29 bits per heavy atom. The van der Waals surface area contributed by atoms with Gasteiger partial charge >= 0.3 is 0 Å². The minimum Gasteiger partial charge on any atom is -0.353 e. The lowest BCUT2D eigenvalue weighted by atomic mass is 9.96. The van der Waals surface area contributed by atoms with Gasteiger partial charge in [0.25, 0.3) is 0 Å². The molecule has 0 aliphatic heterocycles. The second kappa shape index (κ2) is 8.12. The summed E-state index contributed by atoms with van der Waals surface area (Å²) in [4.78, 5) is 12.2. The molecule has 17 heavy (non-hydrogen) atoms. The summed E-state index contributed by atoms with van der Waals surface area (Å²) in [5.41, 5.74) is 0. The van der Waals surface area contributed by atoms with Crippen molar-refractivity contribution < 1.29 is 4.79 Å². The number of amides is 1. The number of carbonyl (C=O) groups excluding carboxylic acids is 1. The summed E-state index contributed by atoms with van der Waals surface area (Å²) >= 11 is 3.47. The average Bonchev–Trinajstić information content (AvgIpc) is 2.56. The van der Waals surface area contributed by atoms with Crippen LogP contribution >= 0.6 is 15.9 Å². The zero-order chi connectivity index (χ0) is 12.7. The van der Waals surface area contributed by atoms with Crippen LogP contribution in [0.25, 0.3) is 0 Å². The van der Waals surface area contributed by atoms with Crippen LogP contribution in [0, 0.1) is 11.8 Å². The Morgan fingerprint density at radius 1 is 1.24 bits per heavy atom. The lowest BCUT2D eigenvalue weighted by Crippen LogP contribution is -2.42. The van der Waals surface area contributed by atoms with Crippen LogP contribution in [0.1, 0.15) is 58.8 Å². The van der Waals surface area contributed by atoms with E-state index in [9.17, 15) is 4.79 Å². The van der Waals surface area contributed by atoms with Gasteiger partial charge in [0, 0.05) is 17.3 Å². The van der Waals surface area contributed by atoms with Gasteiger partial charge in [0.05, 0.1) is 0 Å². The largest absolute Gasteiger partial charge is 0.353 e. The first-order valence-electron chi connectivity index (χ1n) is 7.01. The molecule has 1 fully saturated rings. The Labute approximate surface area is 114 Å². The van der Waals surface area contributed by atoms with Gasteiger partial charge in [0.15, 0.2) is 0 Å². The van der Waals surface area contributed by atoms with E-state index in [1.807, 2.05) is 0 Å². The molecule has 1 amide bonds. The highest BCUT2D eigenvalue weighted by Crippen LogP contribution is 2.23. The van der Waals surface area contributed by atoms with Crippen molar-refractivity contribution in [3.63, 3.8) is 0 Å². The highest BCUT2D eigenvalue weighted by Gasteiger charge is 2.23. The third-order valence-electron chi connectivity index (χ3n) is 3.78. The van der Waals surface area contributed by atoms with Gasteiger partial charge in [-0.15, -0.1) is 0 Å². The summed E-state index contributed by atoms with van der Waals surface area (Å²) in [7, 11) is 0. The van der Waals surface area contributed by atoms with E-state index in [4.69, 9.17) is 0 Å². The Kier molecular flexibility index (Phi) is 7.17. The maximum Gasteiger partial charge on any atom is 0.223 e. The van der Waals surface area contributed by atoms with E-state index in [1.165, 1.54) is 25.7 Å². The van der Waals surface area contributed by atoms with Crippen molar-refractivity contribution in [3.05, 3.63) is 0 Å². The zero-order valence-corrected chi connectivity index (χ0v) is 12.8. The summed E-state index contributed by atoms with van der Waals surface area (Å²) in [5, 5.41) is 4.21. The van der Waals surface area contributed by atoms with Gasteiger partial charge in [-0.25, -0.2) is 0 Å². The molecule has 1 aliphatic rings. The molecule has 0 aromatic rings. The van der Waals surface area contributed by atoms with Crippen LogP contribution in [-0.2, 0) is 4.79 Å². The first-order valence-corrected chi connectivity index (χ1v) is 8.13. The molecule has 1 unspecified atom stereocenters. The van der Waals surface area contributed by atoms with Gasteiger partial charge in [-0.05, 0) is 25.2 Å². The summed E-state index contributed by atoms with van der Waals surface area (Å²) in [5.74, 6) is 1.09. The van der Waals surface area contributed by atoms with Crippen molar-refractivity contribution in [2.24, 2.45) is 11.8 Å². The molecule has 0 bridgehead atoms. The number of hydrogen-bond acceptors (Lipinski definition) is 1. The lowest BCUT2D eigenvalue weighted by molar-refractivity contribution is -0.126. The topological polar surface area (TPSA) is 29.1 Å². The minimum absolute atomic E-state index is 0.272. The normalized spacial score (nSPS) is 20.0. The molecule has 0 aromatic heterocycles. The number of rotatable bonds is 5. The maximum absolute atomic E-state index is 12.2. The van der Waals surface area contributed by atoms with Crippen molar-refractivity contribution in [2.75, 3.05) is 5.33 Å². The van der Waals surface area contributed by atoms with Gasteiger partial charge in [-0.2, -0.15) is 0 Å². The first kappa shape index (κ1) is 15.0. The monoisotopic (exact) mass is 303 g/mol. The molecule has 0 saturated heterocycles. The summed E-state index contributed by atoms with van der Waals surface area (Å²) in [6.07, 6.45) is 8.26. The van der Waals surface area contributed by atoms with Crippen molar-refractivity contribution >= 4 is 21.8 Å². The number of hydrogen-bond donors (Lipinski definition) is 1. The number of alkyl halides is 1. The smallest absolute Gasteiger partial charge is 0.223 e. The molecule has 1 aliphatic carbocycles. The highest BCUT2D eigenvalue weighted by molar-refractivity contribution is 9.09. The standard InChI is InChI=1S/C14H26BrNO/c1-11(2)13(9-10-15)16-14(17)12-7-5-3-4-6-8-12/h11-13H,3-10H2,1-2H3,(H,16,17). The fourth-order valence-corrected chi connectivity index (χ4v) is 3.03. The molecular formula is C14H26BrNO. The molecule has 0 aromatic carbocycles. The van der Waals surface area contributed by atoms with Crippen molar-refractivity contribution in [2.45, 2.75) is 64.8 Å². The molecule has 1 atom stereocenters. The zero-order valence-electron chi connectivity index (χ0n) is 11.2. The second-order valence-electron chi connectivity index (χ2n) is 5.53. The van der Waals surface area contributed by atoms with E-state index in [2.05, 4.69) is 35.1 Å². The van der Waals surface area contributed by atoms with Crippen molar-refractivity contribution in [1.29, 1.82) is 0 Å². The molecular weight excluding hydrogens is 278 g/mol. The van der Waals surface area contributed by atoms with Crippen LogP contribution in [0.15, 0.2) is 0 Å². The molecule has 1 N–H and O–H groups in total. The Balaban J connectivity index is 2.44. The third kappa shape index (κ3) is 5.41. The lowest BCUT2D eigenvalue weighted by Gasteiger charge is -2.24. The van der Waals surface area contributed by atoms with Gasteiger partial charge in [-0.3, -0.25) is 4.79 Å². The van der Waals surface area contributed by atoms with E-state index in [1.54, 1.807) is 0 Å². The van der Waals surface area contributed by atoms with Gasteiger partial charge in [-0.1, -0.05) is 55.5 Å². The molecule has 0 radical (unpaired) electrons. The van der Waals surface area contributed by atoms with Crippen LogP contribution in [0.4, 0.5) is 0 Å². The quantitative estimate of drug-likeness (QED) is 0.606. The second-order valence-corrected chi connectivity index (χ2v) is 6.32. The van der Waals surface area contributed by atoms with Gasteiger partial charge in [0.2, 0.25) is 5.91 Å². The van der Waals surface area contributed by atoms with Crippen molar-refractivity contribution in [3.8, 4) is 0 Å². The number of halogens is 1. The van der Waals surface area contributed by atoms with E-state index >= 15 is 0 Å². The number of carbonyl (C=O) groups is 1. The molecule has 0 spiro atoms. The van der Waals surface area contributed by atoms with Crippen LogP contribution < -0.4 is 5.32 Å². The molecule has 3 heteroatoms. The Morgan fingerprint density at radius 2 is 1.82 bits per heavy atom. The van der Waals surface area contributed by atoms with Gasteiger partial charge < -0.3 is 5.32 Å². The van der Waals surface area contributed by atoms with E-state index in [0.717, 1.165) is 24.6 Å². The molecule has 0 heterocycles. The van der Waals surface area contributed by atoms with E-state index in [-0.39, 0.29) is 5.92 Å². The number of nitrogens with one attached hydrogen (secondary N) is 1. The Hall–Kier alpha value is -0.0500. The maximum atomic E-state index is 12.2.